The Hall–Kier alpha value is -2.38. The zero-order valence-electron chi connectivity index (χ0n) is 16.4. The summed E-state index contributed by atoms with van der Waals surface area (Å²) in [6, 6.07) is 15.5. The molecule has 0 bridgehead atoms. The summed E-state index contributed by atoms with van der Waals surface area (Å²) in [6.45, 7) is 6.48. The molecule has 3 rings (SSSR count). The highest BCUT2D eigenvalue weighted by Gasteiger charge is 2.15. The molecule has 0 unspecified atom stereocenters. The number of methoxy groups -OCH3 is 1. The summed E-state index contributed by atoms with van der Waals surface area (Å²) in [4.78, 5) is 12.5. The van der Waals surface area contributed by atoms with Gasteiger partial charge in [-0.3, -0.25) is 4.79 Å². The number of aromatic nitrogens is 2. The van der Waals surface area contributed by atoms with Crippen molar-refractivity contribution in [3.63, 3.8) is 0 Å². The number of Topliss-reactive ketones (excluding diaryl/α,β-unsaturated/α-hetero) is 1. The summed E-state index contributed by atoms with van der Waals surface area (Å²) >= 11 is 2.82. The molecule has 0 amide bonds. The molecule has 7 heteroatoms. The number of ether oxygens (including phenoxy) is 1. The van der Waals surface area contributed by atoms with Crippen LogP contribution in [0.4, 0.5) is 10.8 Å². The van der Waals surface area contributed by atoms with Crippen LogP contribution < -0.4 is 10.1 Å². The van der Waals surface area contributed by atoms with Crippen LogP contribution in [0.2, 0.25) is 0 Å². The SMILES string of the molecule is COc1cccc(Nc2nnc(SCC(=O)c3ccc(C(C)(C)C)cc3)s2)c1. The minimum atomic E-state index is 0.0784. The summed E-state index contributed by atoms with van der Waals surface area (Å²) in [5.41, 5.74) is 2.89. The molecule has 0 spiro atoms. The lowest BCUT2D eigenvalue weighted by atomic mass is 9.86. The van der Waals surface area contributed by atoms with Crippen LogP contribution in [0.1, 0.15) is 36.7 Å². The molecule has 0 radical (unpaired) electrons. The highest BCUT2D eigenvalue weighted by Crippen LogP contribution is 2.29. The molecule has 0 atom stereocenters. The number of nitrogens with zero attached hydrogens (tertiary/aromatic N) is 2. The second-order valence-corrected chi connectivity index (χ2v) is 9.47. The summed E-state index contributed by atoms with van der Waals surface area (Å²) < 4.78 is 5.97. The summed E-state index contributed by atoms with van der Waals surface area (Å²) in [6.07, 6.45) is 0. The maximum atomic E-state index is 12.5. The number of anilines is 2. The molecule has 1 aromatic heterocycles. The lowest BCUT2D eigenvalue weighted by Crippen LogP contribution is -2.11. The van der Waals surface area contributed by atoms with Crippen LogP contribution in [0, 0.1) is 0 Å². The number of hydrogen-bond donors (Lipinski definition) is 1. The number of nitrogens with one attached hydrogen (secondary N) is 1. The molecule has 146 valence electrons. The van der Waals surface area contributed by atoms with Gasteiger partial charge in [-0.1, -0.05) is 74.2 Å². The molecular formula is C21H23N3O2S2. The Morgan fingerprint density at radius 3 is 2.57 bits per heavy atom. The number of rotatable bonds is 7. The van der Waals surface area contributed by atoms with Gasteiger partial charge in [0.2, 0.25) is 5.13 Å². The number of benzene rings is 2. The average Bonchev–Trinajstić information content (AvgIpc) is 3.13. The van der Waals surface area contributed by atoms with Crippen molar-refractivity contribution in [3.05, 3.63) is 59.7 Å². The second-order valence-electron chi connectivity index (χ2n) is 7.27. The van der Waals surface area contributed by atoms with Crippen molar-refractivity contribution < 1.29 is 9.53 Å². The fourth-order valence-electron chi connectivity index (χ4n) is 2.51. The first-order chi connectivity index (χ1) is 13.3. The van der Waals surface area contributed by atoms with Gasteiger partial charge in [-0.2, -0.15) is 0 Å². The van der Waals surface area contributed by atoms with Crippen molar-refractivity contribution in [3.8, 4) is 5.75 Å². The molecule has 28 heavy (non-hydrogen) atoms. The molecule has 0 saturated carbocycles. The summed E-state index contributed by atoms with van der Waals surface area (Å²) in [5, 5.41) is 12.2. The van der Waals surface area contributed by atoms with E-state index in [1.807, 2.05) is 48.5 Å². The maximum Gasteiger partial charge on any atom is 0.210 e. The van der Waals surface area contributed by atoms with Gasteiger partial charge in [0.25, 0.3) is 0 Å². The zero-order valence-corrected chi connectivity index (χ0v) is 18.0. The normalized spacial score (nSPS) is 11.3. The first-order valence-electron chi connectivity index (χ1n) is 8.86. The van der Waals surface area contributed by atoms with Crippen LogP contribution in [0.5, 0.6) is 5.75 Å². The predicted octanol–water partition coefficient (Wildman–Crippen LogP) is 5.56. The van der Waals surface area contributed by atoms with E-state index < -0.39 is 0 Å². The van der Waals surface area contributed by atoms with Gasteiger partial charge in [0, 0.05) is 17.3 Å². The Morgan fingerprint density at radius 2 is 1.89 bits per heavy atom. The molecule has 0 aliphatic rings. The van der Waals surface area contributed by atoms with Crippen LogP contribution in [0.3, 0.4) is 0 Å². The third kappa shape index (κ3) is 5.33. The van der Waals surface area contributed by atoms with E-state index in [2.05, 4.69) is 36.3 Å². The maximum absolute atomic E-state index is 12.5. The Bertz CT molecular complexity index is 947. The molecule has 1 N–H and O–H groups in total. The molecule has 2 aromatic carbocycles. The quantitative estimate of drug-likeness (QED) is 0.404. The van der Waals surface area contributed by atoms with E-state index in [0.717, 1.165) is 21.3 Å². The molecule has 5 nitrogen and oxygen atoms in total. The van der Waals surface area contributed by atoms with Gasteiger partial charge in [0.05, 0.1) is 12.9 Å². The Labute approximate surface area is 173 Å². The van der Waals surface area contributed by atoms with Gasteiger partial charge in [0.1, 0.15) is 5.75 Å². The molecule has 0 fully saturated rings. The second kappa shape index (κ2) is 8.75. The molecule has 1 heterocycles. The van der Waals surface area contributed by atoms with Crippen molar-refractivity contribution in [2.24, 2.45) is 0 Å². The molecule has 0 aliphatic heterocycles. The van der Waals surface area contributed by atoms with Gasteiger partial charge in [-0.25, -0.2) is 0 Å². The van der Waals surface area contributed by atoms with E-state index >= 15 is 0 Å². The number of carbonyl (C=O) groups is 1. The van der Waals surface area contributed by atoms with Crippen molar-refractivity contribution in [1.29, 1.82) is 0 Å². The third-order valence-corrected chi connectivity index (χ3v) is 6.10. The summed E-state index contributed by atoms with van der Waals surface area (Å²) in [5.74, 6) is 1.19. The average molecular weight is 414 g/mol. The molecule has 3 aromatic rings. The number of thioether (sulfide) groups is 1. The third-order valence-electron chi connectivity index (χ3n) is 4.13. The lowest BCUT2D eigenvalue weighted by Gasteiger charge is -2.18. The van der Waals surface area contributed by atoms with Crippen LogP contribution >= 0.6 is 23.1 Å². The molecule has 0 saturated heterocycles. The van der Waals surface area contributed by atoms with Crippen LogP contribution in [-0.4, -0.2) is 28.8 Å². The first-order valence-corrected chi connectivity index (χ1v) is 10.7. The Morgan fingerprint density at radius 1 is 1.14 bits per heavy atom. The minimum Gasteiger partial charge on any atom is -0.497 e. The minimum absolute atomic E-state index is 0.0784. The van der Waals surface area contributed by atoms with Gasteiger partial charge >= 0.3 is 0 Å². The van der Waals surface area contributed by atoms with E-state index in [1.165, 1.54) is 28.7 Å². The Balaban J connectivity index is 1.57. The van der Waals surface area contributed by atoms with Crippen LogP contribution in [-0.2, 0) is 5.41 Å². The monoisotopic (exact) mass is 413 g/mol. The highest BCUT2D eigenvalue weighted by atomic mass is 32.2. The first kappa shape index (κ1) is 20.4. The van der Waals surface area contributed by atoms with E-state index in [4.69, 9.17) is 4.74 Å². The van der Waals surface area contributed by atoms with Crippen LogP contribution in [0.15, 0.2) is 52.9 Å². The van der Waals surface area contributed by atoms with Crippen molar-refractivity contribution in [2.45, 2.75) is 30.5 Å². The van der Waals surface area contributed by atoms with Gasteiger partial charge in [-0.05, 0) is 23.1 Å². The summed E-state index contributed by atoms with van der Waals surface area (Å²) in [7, 11) is 1.63. The topological polar surface area (TPSA) is 64.1 Å². The number of carbonyl (C=O) groups excluding carboxylic acids is 1. The van der Waals surface area contributed by atoms with Crippen molar-refractivity contribution in [2.75, 3.05) is 18.2 Å². The van der Waals surface area contributed by atoms with E-state index in [-0.39, 0.29) is 11.2 Å². The highest BCUT2D eigenvalue weighted by molar-refractivity contribution is 8.01. The Kier molecular flexibility index (Phi) is 6.36. The number of hydrogen-bond acceptors (Lipinski definition) is 7. The standard InChI is InChI=1S/C21H23N3O2S2/c1-21(2,3)15-10-8-14(9-11-15)18(25)13-27-20-24-23-19(28-20)22-16-6-5-7-17(12-16)26-4/h5-12H,13H2,1-4H3,(H,22,23). The zero-order chi connectivity index (χ0) is 20.1. The fraction of sp³-hybridized carbons (Fsp3) is 0.286. The van der Waals surface area contributed by atoms with E-state index in [1.54, 1.807) is 7.11 Å². The van der Waals surface area contributed by atoms with Gasteiger partial charge in [-0.15, -0.1) is 10.2 Å². The van der Waals surface area contributed by atoms with E-state index in [0.29, 0.717) is 10.9 Å². The fourth-order valence-corrected chi connectivity index (χ4v) is 4.18. The van der Waals surface area contributed by atoms with Crippen molar-refractivity contribution >= 4 is 39.7 Å². The molecule has 0 aliphatic carbocycles. The van der Waals surface area contributed by atoms with Gasteiger partial charge < -0.3 is 10.1 Å². The lowest BCUT2D eigenvalue weighted by molar-refractivity contribution is 0.102. The van der Waals surface area contributed by atoms with Crippen LogP contribution in [0.25, 0.3) is 0 Å². The van der Waals surface area contributed by atoms with Crippen molar-refractivity contribution in [1.82, 2.24) is 10.2 Å². The smallest absolute Gasteiger partial charge is 0.210 e. The molecular weight excluding hydrogens is 390 g/mol. The van der Waals surface area contributed by atoms with E-state index in [9.17, 15) is 4.79 Å². The largest absolute Gasteiger partial charge is 0.497 e. The number of ketones is 1. The van der Waals surface area contributed by atoms with Gasteiger partial charge in [0.15, 0.2) is 10.1 Å². The predicted molar refractivity (Wildman–Crippen MR) is 116 cm³/mol.